The van der Waals surface area contributed by atoms with Crippen molar-refractivity contribution >= 4 is 23.2 Å². The summed E-state index contributed by atoms with van der Waals surface area (Å²) < 4.78 is 10.6. The number of hydrogen-bond donors (Lipinski definition) is 2. The average Bonchev–Trinajstić information content (AvgIpc) is 3.30. The summed E-state index contributed by atoms with van der Waals surface area (Å²) in [5.41, 5.74) is 0. The number of carbonyl (C=O) groups excluding carboxylic acids is 2. The number of thiophene rings is 1. The third-order valence-electron chi connectivity index (χ3n) is 3.26. The highest BCUT2D eigenvalue weighted by atomic mass is 32.1. The minimum Gasteiger partial charge on any atom is -0.467 e. The normalized spacial score (nSPS) is 10.5. The fourth-order valence-electron chi connectivity index (χ4n) is 2.07. The van der Waals surface area contributed by atoms with Gasteiger partial charge in [-0.3, -0.25) is 9.59 Å². The van der Waals surface area contributed by atoms with Gasteiger partial charge in [-0.15, -0.1) is 11.3 Å². The van der Waals surface area contributed by atoms with Crippen LogP contribution in [0.5, 0.6) is 0 Å². The molecule has 7 heteroatoms. The SMILES string of the molecule is Cc1ccc(-c2ccc(C(=O)NCC(=O)NCc3ccco3)s2)o1. The van der Waals surface area contributed by atoms with Crippen LogP contribution in [0.25, 0.3) is 10.6 Å². The van der Waals surface area contributed by atoms with Gasteiger partial charge in [0.05, 0.1) is 29.1 Å². The number of hydrogen-bond acceptors (Lipinski definition) is 5. The smallest absolute Gasteiger partial charge is 0.261 e. The van der Waals surface area contributed by atoms with E-state index < -0.39 is 0 Å². The number of amides is 2. The zero-order chi connectivity index (χ0) is 16.9. The van der Waals surface area contributed by atoms with E-state index >= 15 is 0 Å². The average molecular weight is 344 g/mol. The Morgan fingerprint density at radius 2 is 2.00 bits per heavy atom. The van der Waals surface area contributed by atoms with Crippen LogP contribution in [0, 0.1) is 6.92 Å². The van der Waals surface area contributed by atoms with Crippen molar-refractivity contribution in [3.8, 4) is 10.6 Å². The lowest BCUT2D eigenvalue weighted by Crippen LogP contribution is -2.36. The summed E-state index contributed by atoms with van der Waals surface area (Å²) in [4.78, 5) is 25.2. The van der Waals surface area contributed by atoms with Crippen LogP contribution in [0.3, 0.4) is 0 Å². The van der Waals surface area contributed by atoms with Crippen molar-refractivity contribution in [1.29, 1.82) is 0 Å². The first-order valence-corrected chi connectivity index (χ1v) is 8.17. The lowest BCUT2D eigenvalue weighted by atomic mass is 10.3. The van der Waals surface area contributed by atoms with E-state index in [1.54, 1.807) is 18.2 Å². The highest BCUT2D eigenvalue weighted by Gasteiger charge is 2.13. The molecular weight excluding hydrogens is 328 g/mol. The number of carbonyl (C=O) groups is 2. The summed E-state index contributed by atoms with van der Waals surface area (Å²) in [5, 5.41) is 5.26. The molecule has 3 heterocycles. The van der Waals surface area contributed by atoms with E-state index in [1.807, 2.05) is 25.1 Å². The van der Waals surface area contributed by atoms with Gasteiger partial charge in [-0.25, -0.2) is 0 Å². The zero-order valence-electron chi connectivity index (χ0n) is 13.0. The predicted molar refractivity (Wildman–Crippen MR) is 89.6 cm³/mol. The van der Waals surface area contributed by atoms with Gasteiger partial charge in [-0.2, -0.15) is 0 Å². The zero-order valence-corrected chi connectivity index (χ0v) is 13.8. The summed E-state index contributed by atoms with van der Waals surface area (Å²) in [6.07, 6.45) is 1.54. The molecule has 0 saturated carbocycles. The molecular formula is C17H16N2O4S. The monoisotopic (exact) mass is 344 g/mol. The van der Waals surface area contributed by atoms with Crippen LogP contribution in [0.1, 0.15) is 21.2 Å². The molecule has 0 radical (unpaired) electrons. The molecule has 0 unspecified atom stereocenters. The molecule has 6 nitrogen and oxygen atoms in total. The highest BCUT2D eigenvalue weighted by molar-refractivity contribution is 7.17. The molecule has 0 aliphatic carbocycles. The van der Waals surface area contributed by atoms with Crippen LogP contribution in [-0.4, -0.2) is 18.4 Å². The Bertz CT molecular complexity index is 833. The summed E-state index contributed by atoms with van der Waals surface area (Å²) in [6, 6.07) is 10.8. The van der Waals surface area contributed by atoms with Crippen molar-refractivity contribution in [2.45, 2.75) is 13.5 Å². The molecule has 0 aromatic carbocycles. The Labute approximate surface area is 142 Å². The van der Waals surface area contributed by atoms with Gasteiger partial charge in [-0.1, -0.05) is 0 Å². The lowest BCUT2D eigenvalue weighted by molar-refractivity contribution is -0.120. The first-order chi connectivity index (χ1) is 11.6. The van der Waals surface area contributed by atoms with Crippen molar-refractivity contribution in [3.63, 3.8) is 0 Å². The molecule has 124 valence electrons. The summed E-state index contributed by atoms with van der Waals surface area (Å²) >= 11 is 1.32. The summed E-state index contributed by atoms with van der Waals surface area (Å²) in [7, 11) is 0. The molecule has 2 amide bonds. The molecule has 3 aromatic rings. The van der Waals surface area contributed by atoms with E-state index in [0.29, 0.717) is 17.2 Å². The van der Waals surface area contributed by atoms with Crippen molar-refractivity contribution in [3.05, 3.63) is 59.1 Å². The van der Waals surface area contributed by atoms with Gasteiger partial charge in [0.1, 0.15) is 17.3 Å². The quantitative estimate of drug-likeness (QED) is 0.720. The third-order valence-corrected chi connectivity index (χ3v) is 4.36. The van der Waals surface area contributed by atoms with E-state index in [0.717, 1.165) is 16.4 Å². The lowest BCUT2D eigenvalue weighted by Gasteiger charge is -2.04. The van der Waals surface area contributed by atoms with Crippen molar-refractivity contribution < 1.29 is 18.4 Å². The highest BCUT2D eigenvalue weighted by Crippen LogP contribution is 2.29. The van der Waals surface area contributed by atoms with E-state index in [4.69, 9.17) is 8.83 Å². The van der Waals surface area contributed by atoms with Crippen molar-refractivity contribution in [2.75, 3.05) is 6.54 Å². The van der Waals surface area contributed by atoms with Crippen LogP contribution < -0.4 is 10.6 Å². The van der Waals surface area contributed by atoms with Gasteiger partial charge < -0.3 is 19.5 Å². The molecule has 0 spiro atoms. The molecule has 0 saturated heterocycles. The molecule has 3 rings (SSSR count). The minimum absolute atomic E-state index is 0.0906. The van der Waals surface area contributed by atoms with E-state index in [9.17, 15) is 9.59 Å². The second kappa shape index (κ2) is 7.18. The Kier molecular flexibility index (Phi) is 4.81. The molecule has 0 bridgehead atoms. The number of rotatable bonds is 6. The maximum atomic E-state index is 12.1. The third kappa shape index (κ3) is 3.94. The Balaban J connectivity index is 1.50. The Hall–Kier alpha value is -2.80. The van der Waals surface area contributed by atoms with E-state index in [1.165, 1.54) is 17.6 Å². The minimum atomic E-state index is -0.289. The molecule has 2 N–H and O–H groups in total. The maximum Gasteiger partial charge on any atom is 0.261 e. The molecule has 0 fully saturated rings. The standard InChI is InChI=1S/C17H16N2O4S/c1-11-4-5-13(23-11)14-6-7-15(24-14)17(21)19-10-16(20)18-9-12-3-2-8-22-12/h2-8H,9-10H2,1H3,(H,18,20)(H,19,21). The predicted octanol–water partition coefficient (Wildman–Crippen LogP) is 2.96. The van der Waals surface area contributed by atoms with Gasteiger partial charge in [0.15, 0.2) is 0 Å². The van der Waals surface area contributed by atoms with Crippen LogP contribution in [0.2, 0.25) is 0 Å². The summed E-state index contributed by atoms with van der Waals surface area (Å²) in [6.45, 7) is 2.07. The maximum absolute atomic E-state index is 12.1. The van der Waals surface area contributed by atoms with Crippen molar-refractivity contribution in [1.82, 2.24) is 10.6 Å². The second-order valence-electron chi connectivity index (χ2n) is 5.11. The second-order valence-corrected chi connectivity index (χ2v) is 6.20. The number of furan rings is 2. The fraction of sp³-hybridized carbons (Fsp3) is 0.176. The van der Waals surface area contributed by atoms with Gasteiger partial charge in [-0.05, 0) is 43.3 Å². The van der Waals surface area contributed by atoms with E-state index in [2.05, 4.69) is 10.6 Å². The molecule has 3 aromatic heterocycles. The van der Waals surface area contributed by atoms with Crippen molar-refractivity contribution in [2.24, 2.45) is 0 Å². The van der Waals surface area contributed by atoms with Gasteiger partial charge >= 0.3 is 0 Å². The largest absolute Gasteiger partial charge is 0.467 e. The van der Waals surface area contributed by atoms with Gasteiger partial charge in [0.25, 0.3) is 5.91 Å². The van der Waals surface area contributed by atoms with Gasteiger partial charge in [0, 0.05) is 0 Å². The molecule has 24 heavy (non-hydrogen) atoms. The number of nitrogens with one attached hydrogen (secondary N) is 2. The summed E-state index contributed by atoms with van der Waals surface area (Å²) in [5.74, 6) is 1.64. The van der Waals surface area contributed by atoms with Crippen LogP contribution in [0.4, 0.5) is 0 Å². The first kappa shape index (κ1) is 16.1. The molecule has 0 atom stereocenters. The van der Waals surface area contributed by atoms with Crippen LogP contribution >= 0.6 is 11.3 Å². The Morgan fingerprint density at radius 1 is 1.12 bits per heavy atom. The van der Waals surface area contributed by atoms with Crippen LogP contribution in [0.15, 0.2) is 51.5 Å². The topological polar surface area (TPSA) is 84.5 Å². The van der Waals surface area contributed by atoms with Gasteiger partial charge in [0.2, 0.25) is 5.91 Å². The number of aryl methyl sites for hydroxylation is 1. The molecule has 0 aliphatic rings. The Morgan fingerprint density at radius 3 is 2.71 bits per heavy atom. The van der Waals surface area contributed by atoms with E-state index in [-0.39, 0.29) is 18.4 Å². The first-order valence-electron chi connectivity index (χ1n) is 7.36. The molecule has 0 aliphatic heterocycles. The van der Waals surface area contributed by atoms with Crippen LogP contribution in [-0.2, 0) is 11.3 Å². The fourth-order valence-corrected chi connectivity index (χ4v) is 2.95.